The number of carbonyl (C=O) groups is 1. The molecule has 0 bridgehead atoms. The third kappa shape index (κ3) is 1.90. The number of hydrogen-bond donors (Lipinski definition) is 2. The van der Waals surface area contributed by atoms with E-state index in [1.165, 1.54) is 0 Å². The molecule has 0 unspecified atom stereocenters. The van der Waals surface area contributed by atoms with Gasteiger partial charge in [0.2, 0.25) is 0 Å². The Kier molecular flexibility index (Phi) is 2.85. The Balaban J connectivity index is 3.35. The van der Waals surface area contributed by atoms with Crippen LogP contribution < -0.4 is 11.5 Å². The van der Waals surface area contributed by atoms with Crippen molar-refractivity contribution in [2.24, 2.45) is 0 Å². The van der Waals surface area contributed by atoms with Gasteiger partial charge in [0, 0.05) is 0 Å². The maximum absolute atomic E-state index is 12.3. The molecule has 0 spiro atoms. The van der Waals surface area contributed by atoms with Crippen LogP contribution in [0.25, 0.3) is 0 Å². The van der Waals surface area contributed by atoms with E-state index in [9.17, 15) is 13.6 Å². The minimum atomic E-state index is -2.90. The molecular formula is C7H6ClF2N3O. The van der Waals surface area contributed by atoms with E-state index < -0.39 is 17.4 Å². The summed E-state index contributed by atoms with van der Waals surface area (Å²) in [6.45, 7) is 0. The minimum Gasteiger partial charge on any atom is -0.397 e. The second kappa shape index (κ2) is 3.75. The number of alkyl halides is 2. The molecule has 4 nitrogen and oxygen atoms in total. The highest BCUT2D eigenvalue weighted by atomic mass is 35.5. The highest BCUT2D eigenvalue weighted by molar-refractivity contribution is 6.67. The van der Waals surface area contributed by atoms with Gasteiger partial charge in [0.05, 0.1) is 11.4 Å². The number of rotatable bonds is 2. The zero-order valence-electron chi connectivity index (χ0n) is 6.80. The smallest absolute Gasteiger partial charge is 0.282 e. The van der Waals surface area contributed by atoms with Crippen molar-refractivity contribution >= 4 is 28.2 Å². The number of carbonyl (C=O) groups excluding carboxylic acids is 1. The summed E-state index contributed by atoms with van der Waals surface area (Å²) >= 11 is 5.06. The summed E-state index contributed by atoms with van der Waals surface area (Å²) in [5.74, 6) is 0. The Morgan fingerprint density at radius 1 is 1.50 bits per heavy atom. The summed E-state index contributed by atoms with van der Waals surface area (Å²) in [6, 6.07) is 1.05. The van der Waals surface area contributed by atoms with Crippen LogP contribution in [-0.4, -0.2) is 10.2 Å². The maximum atomic E-state index is 12.3. The minimum absolute atomic E-state index is 0.140. The van der Waals surface area contributed by atoms with Gasteiger partial charge >= 0.3 is 0 Å². The van der Waals surface area contributed by atoms with E-state index in [0.717, 1.165) is 6.07 Å². The van der Waals surface area contributed by atoms with Crippen molar-refractivity contribution in [3.05, 3.63) is 17.5 Å². The molecule has 0 aliphatic carbocycles. The highest BCUT2D eigenvalue weighted by Gasteiger charge is 2.18. The predicted molar refractivity (Wildman–Crippen MR) is 48.2 cm³/mol. The number of nitrogens with zero attached hydrogens (tertiary/aromatic N) is 1. The predicted octanol–water partition coefficient (Wildman–Crippen LogP) is 1.56. The van der Waals surface area contributed by atoms with Gasteiger partial charge in [0.25, 0.3) is 11.7 Å². The van der Waals surface area contributed by atoms with E-state index in [0.29, 0.717) is 0 Å². The molecule has 1 heterocycles. The van der Waals surface area contributed by atoms with Crippen LogP contribution in [0.1, 0.15) is 22.6 Å². The lowest BCUT2D eigenvalue weighted by atomic mass is 10.2. The fourth-order valence-corrected chi connectivity index (χ4v) is 0.959. The Morgan fingerprint density at radius 3 is 2.50 bits per heavy atom. The molecule has 1 aromatic rings. The van der Waals surface area contributed by atoms with E-state index in [2.05, 4.69) is 4.98 Å². The van der Waals surface area contributed by atoms with Gasteiger partial charge < -0.3 is 11.5 Å². The van der Waals surface area contributed by atoms with Crippen LogP contribution in [0.4, 0.5) is 20.2 Å². The maximum Gasteiger partial charge on any atom is 0.282 e. The molecular weight excluding hydrogens is 216 g/mol. The van der Waals surface area contributed by atoms with Gasteiger partial charge in [-0.1, -0.05) is 0 Å². The SMILES string of the molecule is Nc1cc(C(=O)Cl)nc(C(F)F)c1N. The van der Waals surface area contributed by atoms with E-state index in [1.807, 2.05) is 0 Å². The highest BCUT2D eigenvalue weighted by Crippen LogP contribution is 2.28. The molecule has 0 aliphatic heterocycles. The molecule has 0 radical (unpaired) electrons. The van der Waals surface area contributed by atoms with E-state index in [4.69, 9.17) is 23.1 Å². The van der Waals surface area contributed by atoms with Crippen molar-refractivity contribution in [1.29, 1.82) is 0 Å². The van der Waals surface area contributed by atoms with Gasteiger partial charge in [0.15, 0.2) is 0 Å². The summed E-state index contributed by atoms with van der Waals surface area (Å²) in [5.41, 5.74) is 8.98. The normalized spacial score (nSPS) is 10.6. The van der Waals surface area contributed by atoms with Crippen molar-refractivity contribution in [3.63, 3.8) is 0 Å². The lowest BCUT2D eigenvalue weighted by molar-refractivity contribution is 0.107. The average molecular weight is 222 g/mol. The Bertz CT molecular complexity index is 383. The third-order valence-corrected chi connectivity index (χ3v) is 1.72. The van der Waals surface area contributed by atoms with Crippen molar-refractivity contribution in [2.45, 2.75) is 6.43 Å². The summed E-state index contributed by atoms with van der Waals surface area (Å²) in [5, 5.41) is -0.960. The summed E-state index contributed by atoms with van der Waals surface area (Å²) in [4.78, 5) is 13.9. The monoisotopic (exact) mass is 221 g/mol. The van der Waals surface area contributed by atoms with Crippen LogP contribution in [-0.2, 0) is 0 Å². The first kappa shape index (κ1) is 10.6. The Morgan fingerprint density at radius 2 is 2.07 bits per heavy atom. The van der Waals surface area contributed by atoms with Crippen molar-refractivity contribution in [1.82, 2.24) is 4.98 Å². The van der Waals surface area contributed by atoms with E-state index in [1.54, 1.807) is 0 Å². The number of anilines is 2. The van der Waals surface area contributed by atoms with Crippen LogP contribution >= 0.6 is 11.6 Å². The molecule has 0 saturated carbocycles. The first-order valence-electron chi connectivity index (χ1n) is 3.47. The second-order valence-corrected chi connectivity index (χ2v) is 2.81. The first-order chi connectivity index (χ1) is 6.43. The standard InChI is InChI=1S/C7H6ClF2N3O/c8-6(14)3-1-2(11)4(12)5(13-3)7(9)10/h1,7H,12H2,(H2,11,13). The largest absolute Gasteiger partial charge is 0.397 e. The Hall–Kier alpha value is -1.43. The molecule has 76 valence electrons. The van der Waals surface area contributed by atoms with Crippen LogP contribution in [0.5, 0.6) is 0 Å². The molecule has 0 saturated heterocycles. The molecule has 0 fully saturated rings. The summed E-state index contributed by atoms with van der Waals surface area (Å²) in [7, 11) is 0. The topological polar surface area (TPSA) is 82.0 Å². The number of hydrogen-bond acceptors (Lipinski definition) is 4. The second-order valence-electron chi connectivity index (χ2n) is 2.47. The fraction of sp³-hybridized carbons (Fsp3) is 0.143. The summed E-state index contributed by atoms with van der Waals surface area (Å²) in [6.07, 6.45) is -2.90. The quantitative estimate of drug-likeness (QED) is 0.743. The first-order valence-corrected chi connectivity index (χ1v) is 3.85. The van der Waals surface area contributed by atoms with E-state index in [-0.39, 0.29) is 17.1 Å². The van der Waals surface area contributed by atoms with Crippen LogP contribution in [0, 0.1) is 0 Å². The molecule has 0 atom stereocenters. The molecule has 0 aromatic carbocycles. The molecule has 0 aliphatic rings. The number of nitrogens with two attached hydrogens (primary N) is 2. The zero-order chi connectivity index (χ0) is 10.9. The van der Waals surface area contributed by atoms with Crippen molar-refractivity contribution < 1.29 is 13.6 Å². The van der Waals surface area contributed by atoms with Gasteiger partial charge in [-0.25, -0.2) is 13.8 Å². The van der Waals surface area contributed by atoms with Crippen LogP contribution in [0.2, 0.25) is 0 Å². The van der Waals surface area contributed by atoms with Crippen LogP contribution in [0.15, 0.2) is 6.07 Å². The number of nitrogen functional groups attached to an aromatic ring is 2. The van der Waals surface area contributed by atoms with Crippen LogP contribution in [0.3, 0.4) is 0 Å². The van der Waals surface area contributed by atoms with Gasteiger partial charge in [-0.05, 0) is 17.7 Å². The van der Waals surface area contributed by atoms with Crippen molar-refractivity contribution in [2.75, 3.05) is 11.5 Å². The van der Waals surface area contributed by atoms with Crippen molar-refractivity contribution in [3.8, 4) is 0 Å². The third-order valence-electron chi connectivity index (χ3n) is 1.53. The Labute approximate surface area is 82.9 Å². The lowest BCUT2D eigenvalue weighted by Crippen LogP contribution is -2.07. The molecule has 0 amide bonds. The number of halogens is 3. The van der Waals surface area contributed by atoms with E-state index >= 15 is 0 Å². The number of aromatic nitrogens is 1. The summed E-state index contributed by atoms with van der Waals surface area (Å²) < 4.78 is 24.6. The fourth-order valence-electron chi connectivity index (χ4n) is 0.862. The van der Waals surface area contributed by atoms with Gasteiger partial charge in [-0.15, -0.1) is 0 Å². The van der Waals surface area contributed by atoms with Gasteiger partial charge in [0.1, 0.15) is 11.4 Å². The number of pyridine rings is 1. The zero-order valence-corrected chi connectivity index (χ0v) is 7.55. The molecule has 1 aromatic heterocycles. The molecule has 14 heavy (non-hydrogen) atoms. The lowest BCUT2D eigenvalue weighted by Gasteiger charge is -2.07. The molecule has 1 rings (SSSR count). The van der Waals surface area contributed by atoms with Gasteiger partial charge in [-0.2, -0.15) is 0 Å². The van der Waals surface area contributed by atoms with Gasteiger partial charge in [-0.3, -0.25) is 4.79 Å². The molecule has 4 N–H and O–H groups in total. The average Bonchev–Trinajstić information content (AvgIpc) is 2.08. The molecule has 7 heteroatoms.